The van der Waals surface area contributed by atoms with Gasteiger partial charge in [0.25, 0.3) is 0 Å². The molecule has 0 aliphatic rings. The van der Waals surface area contributed by atoms with E-state index < -0.39 is 23.0 Å². The van der Waals surface area contributed by atoms with Gasteiger partial charge in [-0.2, -0.15) is 5.10 Å². The van der Waals surface area contributed by atoms with E-state index in [0.717, 1.165) is 6.07 Å². The first-order chi connectivity index (χ1) is 8.49. The van der Waals surface area contributed by atoms with Gasteiger partial charge in [0.2, 0.25) is 0 Å². The summed E-state index contributed by atoms with van der Waals surface area (Å²) in [4.78, 5) is 11.9. The van der Waals surface area contributed by atoms with Crippen LogP contribution in [0.25, 0.3) is 0 Å². The Hall–Kier alpha value is -2.04. The van der Waals surface area contributed by atoms with Crippen molar-refractivity contribution in [1.82, 2.24) is 9.78 Å². The predicted octanol–water partition coefficient (Wildman–Crippen LogP) is 2.43. The van der Waals surface area contributed by atoms with E-state index >= 15 is 0 Å². The van der Waals surface area contributed by atoms with Crippen LogP contribution in [0.15, 0.2) is 24.5 Å². The molecular formula is C13H12F2N2O. The van der Waals surface area contributed by atoms with Crippen molar-refractivity contribution in [2.24, 2.45) is 7.05 Å². The van der Waals surface area contributed by atoms with E-state index in [4.69, 9.17) is 0 Å². The quantitative estimate of drug-likeness (QED) is 0.784. The van der Waals surface area contributed by atoms with E-state index in [1.807, 2.05) is 0 Å². The molecule has 18 heavy (non-hydrogen) atoms. The van der Waals surface area contributed by atoms with Crippen molar-refractivity contribution >= 4 is 5.78 Å². The first-order valence-corrected chi connectivity index (χ1v) is 5.44. The maximum atomic E-state index is 13.7. The van der Waals surface area contributed by atoms with Crippen molar-refractivity contribution in [1.29, 1.82) is 0 Å². The van der Waals surface area contributed by atoms with Gasteiger partial charge < -0.3 is 0 Å². The molecule has 2 rings (SSSR count). The van der Waals surface area contributed by atoms with Crippen molar-refractivity contribution < 1.29 is 13.6 Å². The molecule has 0 amide bonds. The predicted molar refractivity (Wildman–Crippen MR) is 62.3 cm³/mol. The number of halogens is 2. The van der Waals surface area contributed by atoms with Crippen LogP contribution in [0.1, 0.15) is 21.5 Å². The Kier molecular flexibility index (Phi) is 3.23. The maximum absolute atomic E-state index is 13.7. The van der Waals surface area contributed by atoms with E-state index in [9.17, 15) is 13.6 Å². The number of Topliss-reactive ketones (excluding diaryl/α,β-unsaturated/α-hetero) is 1. The number of carbonyl (C=O) groups is 1. The molecule has 0 saturated heterocycles. The summed E-state index contributed by atoms with van der Waals surface area (Å²) >= 11 is 0. The lowest BCUT2D eigenvalue weighted by atomic mass is 10.0. The van der Waals surface area contributed by atoms with Crippen molar-refractivity contribution in [3.63, 3.8) is 0 Å². The number of hydrogen-bond acceptors (Lipinski definition) is 2. The Balaban J connectivity index is 2.32. The number of ketones is 1. The molecule has 0 fully saturated rings. The molecule has 1 aromatic carbocycles. The third kappa shape index (κ3) is 2.30. The number of aryl methyl sites for hydroxylation is 2. The summed E-state index contributed by atoms with van der Waals surface area (Å²) in [6.45, 7) is 1.50. The molecule has 5 heteroatoms. The molecular weight excluding hydrogens is 238 g/mol. The molecule has 0 aliphatic carbocycles. The van der Waals surface area contributed by atoms with E-state index in [1.165, 1.54) is 23.9 Å². The molecule has 0 bridgehead atoms. The molecule has 0 atom stereocenters. The Bertz CT molecular complexity index is 605. The fraction of sp³-hybridized carbons (Fsp3) is 0.231. The Labute approximate surface area is 103 Å². The lowest BCUT2D eigenvalue weighted by Crippen LogP contribution is -2.10. The lowest BCUT2D eigenvalue weighted by molar-refractivity contribution is 0.0984. The zero-order valence-electron chi connectivity index (χ0n) is 10.1. The highest BCUT2D eigenvalue weighted by Gasteiger charge is 2.19. The van der Waals surface area contributed by atoms with Crippen LogP contribution in [-0.4, -0.2) is 15.6 Å². The highest BCUT2D eigenvalue weighted by molar-refractivity contribution is 5.98. The smallest absolute Gasteiger partial charge is 0.173 e. The highest BCUT2D eigenvalue weighted by atomic mass is 19.1. The molecule has 0 aliphatic heterocycles. The first kappa shape index (κ1) is 12.4. The number of aromatic nitrogens is 2. The molecule has 1 aromatic heterocycles. The van der Waals surface area contributed by atoms with Gasteiger partial charge >= 0.3 is 0 Å². The summed E-state index contributed by atoms with van der Waals surface area (Å²) in [6.07, 6.45) is 3.08. The van der Waals surface area contributed by atoms with Gasteiger partial charge in [0.1, 0.15) is 11.6 Å². The van der Waals surface area contributed by atoms with Crippen LogP contribution in [0.2, 0.25) is 0 Å². The normalized spacial score (nSPS) is 10.7. The Morgan fingerprint density at radius 1 is 1.39 bits per heavy atom. The minimum atomic E-state index is -0.827. The topological polar surface area (TPSA) is 34.9 Å². The zero-order valence-corrected chi connectivity index (χ0v) is 10.1. The molecule has 0 saturated carbocycles. The van der Waals surface area contributed by atoms with Gasteiger partial charge in [0.05, 0.1) is 11.8 Å². The summed E-state index contributed by atoms with van der Waals surface area (Å²) < 4.78 is 28.8. The van der Waals surface area contributed by atoms with Crippen molar-refractivity contribution in [3.05, 3.63) is 52.9 Å². The van der Waals surface area contributed by atoms with Gasteiger partial charge in [-0.3, -0.25) is 9.48 Å². The van der Waals surface area contributed by atoms with Crippen molar-refractivity contribution in [3.8, 4) is 0 Å². The van der Waals surface area contributed by atoms with Crippen molar-refractivity contribution in [2.45, 2.75) is 13.3 Å². The summed E-state index contributed by atoms with van der Waals surface area (Å²) in [6, 6.07) is 2.42. The monoisotopic (exact) mass is 250 g/mol. The molecule has 0 radical (unpaired) electrons. The minimum absolute atomic E-state index is 0.0644. The molecule has 3 nitrogen and oxygen atoms in total. The van der Waals surface area contributed by atoms with Gasteiger partial charge in [0.15, 0.2) is 5.78 Å². The Morgan fingerprint density at radius 2 is 2.11 bits per heavy atom. The van der Waals surface area contributed by atoms with Crippen LogP contribution in [0.3, 0.4) is 0 Å². The van der Waals surface area contributed by atoms with Gasteiger partial charge in [-0.1, -0.05) is 6.07 Å². The maximum Gasteiger partial charge on any atom is 0.173 e. The third-order valence-electron chi connectivity index (χ3n) is 2.69. The number of nitrogens with zero attached hydrogens (tertiary/aromatic N) is 2. The minimum Gasteiger partial charge on any atom is -0.294 e. The summed E-state index contributed by atoms with van der Waals surface area (Å²) in [5.41, 5.74) is 0.410. The standard InChI is InChI=1S/C13H12F2N2O/c1-8-3-4-10(14)12(13(8)15)11(18)5-9-6-16-17(2)7-9/h3-4,6-7H,5H2,1-2H3. The van der Waals surface area contributed by atoms with E-state index in [2.05, 4.69) is 5.10 Å². The molecule has 0 N–H and O–H groups in total. The van der Waals surface area contributed by atoms with Crippen LogP contribution in [0, 0.1) is 18.6 Å². The SMILES string of the molecule is Cc1ccc(F)c(C(=O)Cc2cnn(C)c2)c1F. The number of rotatable bonds is 3. The average molecular weight is 250 g/mol. The largest absolute Gasteiger partial charge is 0.294 e. The van der Waals surface area contributed by atoms with Gasteiger partial charge in [-0.15, -0.1) is 0 Å². The van der Waals surface area contributed by atoms with E-state index in [0.29, 0.717) is 5.56 Å². The summed E-state index contributed by atoms with van der Waals surface area (Å²) in [5, 5.41) is 3.90. The van der Waals surface area contributed by atoms with Gasteiger partial charge in [-0.05, 0) is 24.1 Å². The average Bonchev–Trinajstić information content (AvgIpc) is 2.70. The molecule has 0 unspecified atom stereocenters. The van der Waals surface area contributed by atoms with Crippen LogP contribution in [-0.2, 0) is 13.5 Å². The van der Waals surface area contributed by atoms with Crippen LogP contribution < -0.4 is 0 Å². The first-order valence-electron chi connectivity index (χ1n) is 5.44. The fourth-order valence-electron chi connectivity index (χ4n) is 1.75. The highest BCUT2D eigenvalue weighted by Crippen LogP contribution is 2.18. The van der Waals surface area contributed by atoms with Gasteiger partial charge in [0, 0.05) is 19.7 Å². The second-order valence-electron chi connectivity index (χ2n) is 4.18. The van der Waals surface area contributed by atoms with E-state index in [1.54, 1.807) is 13.2 Å². The number of carbonyl (C=O) groups excluding carboxylic acids is 1. The number of benzene rings is 1. The third-order valence-corrected chi connectivity index (χ3v) is 2.69. The number of hydrogen-bond donors (Lipinski definition) is 0. The summed E-state index contributed by atoms with van der Waals surface area (Å²) in [7, 11) is 1.71. The summed E-state index contributed by atoms with van der Waals surface area (Å²) in [5.74, 6) is -2.20. The fourth-order valence-corrected chi connectivity index (χ4v) is 1.75. The zero-order chi connectivity index (χ0) is 13.3. The second-order valence-corrected chi connectivity index (χ2v) is 4.18. The van der Waals surface area contributed by atoms with E-state index in [-0.39, 0.29) is 12.0 Å². The Morgan fingerprint density at radius 3 is 2.72 bits per heavy atom. The lowest BCUT2D eigenvalue weighted by Gasteiger charge is -2.05. The molecule has 1 heterocycles. The van der Waals surface area contributed by atoms with Crippen LogP contribution in [0.4, 0.5) is 8.78 Å². The molecule has 0 spiro atoms. The van der Waals surface area contributed by atoms with Gasteiger partial charge in [-0.25, -0.2) is 8.78 Å². The van der Waals surface area contributed by atoms with Crippen molar-refractivity contribution in [2.75, 3.05) is 0 Å². The second kappa shape index (κ2) is 4.68. The molecule has 94 valence electrons. The van der Waals surface area contributed by atoms with Crippen LogP contribution >= 0.6 is 0 Å². The van der Waals surface area contributed by atoms with Crippen LogP contribution in [0.5, 0.6) is 0 Å². The molecule has 2 aromatic rings.